The molecule has 1 N–H and O–H groups in total. The van der Waals surface area contributed by atoms with Crippen LogP contribution < -0.4 is 5.32 Å². The van der Waals surface area contributed by atoms with Crippen molar-refractivity contribution >= 4 is 5.91 Å². The summed E-state index contributed by atoms with van der Waals surface area (Å²) in [7, 11) is 1.88. The molecule has 0 aromatic carbocycles. The van der Waals surface area contributed by atoms with Crippen molar-refractivity contribution in [1.29, 1.82) is 0 Å². The quantitative estimate of drug-likeness (QED) is 0.858. The lowest BCUT2D eigenvalue weighted by Crippen LogP contribution is -2.31. The largest absolute Gasteiger partial charge is 0.346 e. The molecule has 20 heavy (non-hydrogen) atoms. The van der Waals surface area contributed by atoms with Crippen molar-refractivity contribution < 1.29 is 4.79 Å². The van der Waals surface area contributed by atoms with Gasteiger partial charge in [-0.1, -0.05) is 25.5 Å². The number of hydrogen-bond donors (Lipinski definition) is 1. The van der Waals surface area contributed by atoms with Crippen LogP contribution in [0.15, 0.2) is 18.0 Å². The summed E-state index contributed by atoms with van der Waals surface area (Å²) in [5, 5.41) is 10.9. The summed E-state index contributed by atoms with van der Waals surface area (Å²) in [6.07, 6.45) is 3.85. The van der Waals surface area contributed by atoms with Gasteiger partial charge in [-0.15, -0.1) is 10.2 Å². The Kier molecular flexibility index (Phi) is 3.71. The van der Waals surface area contributed by atoms with Crippen LogP contribution in [0.25, 0.3) is 0 Å². The van der Waals surface area contributed by atoms with E-state index in [9.17, 15) is 4.79 Å². The van der Waals surface area contributed by atoms with E-state index in [2.05, 4.69) is 49.3 Å². The minimum Gasteiger partial charge on any atom is -0.346 e. The molecular formula is C15H24N4O. The molecule has 1 amide bonds. The molecule has 0 radical (unpaired) electrons. The number of amides is 1. The molecule has 2 rings (SSSR count). The summed E-state index contributed by atoms with van der Waals surface area (Å²) in [6, 6.07) is -0.126. The zero-order valence-electron chi connectivity index (χ0n) is 13.1. The van der Waals surface area contributed by atoms with Crippen molar-refractivity contribution in [3.63, 3.8) is 0 Å². The number of nitrogens with zero attached hydrogens (tertiary/aromatic N) is 3. The first-order chi connectivity index (χ1) is 9.25. The molecule has 1 aliphatic carbocycles. The van der Waals surface area contributed by atoms with Gasteiger partial charge >= 0.3 is 0 Å². The molecule has 0 aliphatic heterocycles. The van der Waals surface area contributed by atoms with Gasteiger partial charge in [0.15, 0.2) is 5.82 Å². The van der Waals surface area contributed by atoms with Crippen LogP contribution in [0, 0.1) is 17.3 Å². The number of carbonyl (C=O) groups excluding carboxylic acids is 1. The van der Waals surface area contributed by atoms with Crippen molar-refractivity contribution in [3.8, 4) is 0 Å². The average Bonchev–Trinajstić information content (AvgIpc) is 2.68. The minimum absolute atomic E-state index is 0.0426. The molecule has 3 atom stereocenters. The minimum atomic E-state index is -0.126. The number of aromatic nitrogens is 3. The number of rotatable bonds is 4. The van der Waals surface area contributed by atoms with E-state index in [1.54, 1.807) is 6.33 Å². The fourth-order valence-electron chi connectivity index (χ4n) is 2.90. The lowest BCUT2D eigenvalue weighted by molar-refractivity contribution is -0.123. The average molecular weight is 276 g/mol. The summed E-state index contributed by atoms with van der Waals surface area (Å²) in [4.78, 5) is 12.4. The molecule has 1 aliphatic rings. The zero-order chi connectivity index (χ0) is 15.1. The van der Waals surface area contributed by atoms with Crippen LogP contribution in [0.3, 0.4) is 0 Å². The highest BCUT2D eigenvalue weighted by molar-refractivity contribution is 5.84. The van der Waals surface area contributed by atoms with Crippen molar-refractivity contribution in [2.24, 2.45) is 24.3 Å². The molecular weight excluding hydrogens is 252 g/mol. The molecule has 5 nitrogen and oxygen atoms in total. The van der Waals surface area contributed by atoms with Gasteiger partial charge < -0.3 is 9.88 Å². The monoisotopic (exact) mass is 276 g/mol. The summed E-state index contributed by atoms with van der Waals surface area (Å²) < 4.78 is 1.83. The number of nitrogens with one attached hydrogen (secondary N) is 1. The summed E-state index contributed by atoms with van der Waals surface area (Å²) in [6.45, 7) is 10.4. The van der Waals surface area contributed by atoms with E-state index in [4.69, 9.17) is 0 Å². The number of carbonyl (C=O) groups is 1. The van der Waals surface area contributed by atoms with E-state index in [-0.39, 0.29) is 23.3 Å². The van der Waals surface area contributed by atoms with Crippen LogP contribution in [-0.2, 0) is 11.8 Å². The Balaban J connectivity index is 2.03. The normalized spacial score (nSPS) is 24.9. The van der Waals surface area contributed by atoms with Gasteiger partial charge in [-0.2, -0.15) is 0 Å². The Morgan fingerprint density at radius 1 is 1.50 bits per heavy atom. The molecule has 5 heteroatoms. The smallest absolute Gasteiger partial charge is 0.224 e. The van der Waals surface area contributed by atoms with E-state index in [1.807, 2.05) is 18.5 Å². The van der Waals surface area contributed by atoms with Crippen LogP contribution in [-0.4, -0.2) is 20.7 Å². The predicted molar refractivity (Wildman–Crippen MR) is 77.8 cm³/mol. The topological polar surface area (TPSA) is 59.8 Å². The first kappa shape index (κ1) is 14.8. The summed E-state index contributed by atoms with van der Waals surface area (Å²) in [5.41, 5.74) is 1.31. The highest BCUT2D eigenvalue weighted by Crippen LogP contribution is 2.59. The van der Waals surface area contributed by atoms with Gasteiger partial charge in [0.05, 0.1) is 12.0 Å². The third-order valence-corrected chi connectivity index (χ3v) is 4.20. The molecule has 1 aromatic rings. The highest BCUT2D eigenvalue weighted by atomic mass is 16.2. The molecule has 1 aromatic heterocycles. The third-order valence-electron chi connectivity index (χ3n) is 4.20. The number of aryl methyl sites for hydroxylation is 1. The van der Waals surface area contributed by atoms with E-state index in [1.165, 1.54) is 5.57 Å². The van der Waals surface area contributed by atoms with E-state index >= 15 is 0 Å². The van der Waals surface area contributed by atoms with Crippen LogP contribution in [0.1, 0.15) is 46.5 Å². The van der Waals surface area contributed by atoms with Gasteiger partial charge in [-0.3, -0.25) is 4.79 Å². The van der Waals surface area contributed by atoms with Gasteiger partial charge in [0, 0.05) is 7.05 Å². The third kappa shape index (κ3) is 2.62. The molecule has 0 saturated heterocycles. The molecule has 1 saturated carbocycles. The Morgan fingerprint density at radius 2 is 2.15 bits per heavy atom. The standard InChI is InChI=1S/C15H24N4O/c1-9(2)7-11-12(15(11,4)5)14(20)17-10(3)13-18-16-8-19(13)6/h7-8,10-12H,1-6H3,(H,17,20)/t10-,11-,12-/m1/s1. The zero-order valence-corrected chi connectivity index (χ0v) is 13.1. The molecule has 0 spiro atoms. The lowest BCUT2D eigenvalue weighted by atomic mass is 10.1. The van der Waals surface area contributed by atoms with Gasteiger partial charge in [0.1, 0.15) is 6.33 Å². The van der Waals surface area contributed by atoms with E-state index < -0.39 is 0 Å². The van der Waals surface area contributed by atoms with E-state index in [0.717, 1.165) is 5.82 Å². The number of hydrogen-bond acceptors (Lipinski definition) is 3. The van der Waals surface area contributed by atoms with E-state index in [0.29, 0.717) is 5.92 Å². The molecule has 1 fully saturated rings. The van der Waals surface area contributed by atoms with Crippen LogP contribution in [0.5, 0.6) is 0 Å². The second-order valence-electron chi connectivity index (χ2n) is 6.60. The fraction of sp³-hybridized carbons (Fsp3) is 0.667. The Bertz CT molecular complexity index is 540. The fourth-order valence-corrected chi connectivity index (χ4v) is 2.90. The Hall–Kier alpha value is -1.65. The van der Waals surface area contributed by atoms with Gasteiger partial charge in [-0.05, 0) is 32.1 Å². The van der Waals surface area contributed by atoms with Crippen molar-refractivity contribution in [1.82, 2.24) is 20.1 Å². The molecule has 110 valence electrons. The predicted octanol–water partition coefficient (Wildman–Crippen LogP) is 2.23. The number of allylic oxidation sites excluding steroid dienone is 2. The first-order valence-corrected chi connectivity index (χ1v) is 7.04. The molecule has 0 unspecified atom stereocenters. The maximum Gasteiger partial charge on any atom is 0.224 e. The highest BCUT2D eigenvalue weighted by Gasteiger charge is 2.60. The Labute approximate surface area is 120 Å². The summed E-state index contributed by atoms with van der Waals surface area (Å²) >= 11 is 0. The second kappa shape index (κ2) is 5.04. The second-order valence-corrected chi connectivity index (χ2v) is 6.60. The maximum absolute atomic E-state index is 12.4. The summed E-state index contributed by atoms with van der Waals surface area (Å²) in [5.74, 6) is 1.26. The van der Waals surface area contributed by atoms with Gasteiger partial charge in [0.2, 0.25) is 5.91 Å². The van der Waals surface area contributed by atoms with Crippen molar-refractivity contribution in [3.05, 3.63) is 23.8 Å². The first-order valence-electron chi connectivity index (χ1n) is 7.04. The van der Waals surface area contributed by atoms with Crippen molar-refractivity contribution in [2.75, 3.05) is 0 Å². The van der Waals surface area contributed by atoms with Crippen molar-refractivity contribution in [2.45, 2.75) is 40.7 Å². The lowest BCUT2D eigenvalue weighted by Gasteiger charge is -2.13. The Morgan fingerprint density at radius 3 is 2.65 bits per heavy atom. The van der Waals surface area contributed by atoms with Crippen LogP contribution in [0.2, 0.25) is 0 Å². The van der Waals surface area contributed by atoms with Gasteiger partial charge in [0.25, 0.3) is 0 Å². The maximum atomic E-state index is 12.4. The SMILES string of the molecule is CC(C)=C[C@@H]1[C@H](C(=O)N[C@H](C)c2nncn2C)C1(C)C. The van der Waals surface area contributed by atoms with Crippen LogP contribution in [0.4, 0.5) is 0 Å². The van der Waals surface area contributed by atoms with Gasteiger partial charge in [-0.25, -0.2) is 0 Å². The molecule has 1 heterocycles. The van der Waals surface area contributed by atoms with Crippen LogP contribution >= 0.6 is 0 Å². The molecule has 0 bridgehead atoms.